The van der Waals surface area contributed by atoms with Crippen LogP contribution in [-0.2, 0) is 9.53 Å². The molecule has 0 atom stereocenters. The van der Waals surface area contributed by atoms with Crippen LogP contribution in [0.1, 0.15) is 18.9 Å². The number of nitrogens with zero attached hydrogens (tertiary/aromatic N) is 1. The average Bonchev–Trinajstić information content (AvgIpc) is 2.70. The van der Waals surface area contributed by atoms with E-state index in [-0.39, 0.29) is 11.4 Å². The Morgan fingerprint density at radius 2 is 2.28 bits per heavy atom. The predicted octanol–water partition coefficient (Wildman–Crippen LogP) is 2.54. The molecule has 0 N–H and O–H groups in total. The monoisotopic (exact) mass is 249 g/mol. The van der Waals surface area contributed by atoms with Crippen molar-refractivity contribution in [2.75, 3.05) is 7.11 Å². The smallest absolute Gasteiger partial charge is 0.363 e. The highest BCUT2D eigenvalue weighted by Gasteiger charge is 2.21. The van der Waals surface area contributed by atoms with Gasteiger partial charge in [-0.3, -0.25) is 0 Å². The lowest BCUT2D eigenvalue weighted by atomic mass is 10.2. The SMILES string of the molecule is CCC1=N/C(=C/c2ccc(OC)c(F)c2)C(=O)O1. The number of rotatable bonds is 3. The third-order valence-electron chi connectivity index (χ3n) is 2.45. The van der Waals surface area contributed by atoms with Crippen molar-refractivity contribution < 1.29 is 18.7 Å². The van der Waals surface area contributed by atoms with Crippen LogP contribution in [0, 0.1) is 5.82 Å². The third-order valence-corrected chi connectivity index (χ3v) is 2.45. The topological polar surface area (TPSA) is 47.9 Å². The summed E-state index contributed by atoms with van der Waals surface area (Å²) in [5, 5.41) is 0. The van der Waals surface area contributed by atoms with E-state index in [1.54, 1.807) is 6.07 Å². The van der Waals surface area contributed by atoms with Gasteiger partial charge in [-0.25, -0.2) is 14.2 Å². The minimum absolute atomic E-state index is 0.156. The summed E-state index contributed by atoms with van der Waals surface area (Å²) in [6, 6.07) is 4.41. The number of methoxy groups -OCH3 is 1. The molecule has 94 valence electrons. The molecule has 1 aromatic rings. The molecule has 1 heterocycles. The van der Waals surface area contributed by atoms with Crippen molar-refractivity contribution in [1.82, 2.24) is 0 Å². The Hall–Kier alpha value is -2.17. The standard InChI is InChI=1S/C13H12FNO3/c1-3-12-15-10(13(16)18-12)7-8-4-5-11(17-2)9(14)6-8/h4-7H,3H2,1-2H3/b10-7+. The van der Waals surface area contributed by atoms with Gasteiger partial charge in [-0.15, -0.1) is 0 Å². The number of carbonyl (C=O) groups is 1. The number of esters is 1. The summed E-state index contributed by atoms with van der Waals surface area (Å²) in [6.07, 6.45) is 2.02. The number of hydrogen-bond acceptors (Lipinski definition) is 4. The summed E-state index contributed by atoms with van der Waals surface area (Å²) in [7, 11) is 1.39. The minimum Gasteiger partial charge on any atom is -0.494 e. The molecule has 0 saturated carbocycles. The van der Waals surface area contributed by atoms with E-state index in [0.717, 1.165) is 0 Å². The van der Waals surface area contributed by atoms with Gasteiger partial charge >= 0.3 is 5.97 Å². The molecule has 2 rings (SSSR count). The molecule has 0 amide bonds. The summed E-state index contributed by atoms with van der Waals surface area (Å²) >= 11 is 0. The van der Waals surface area contributed by atoms with Gasteiger partial charge in [0.25, 0.3) is 0 Å². The van der Waals surface area contributed by atoms with Crippen molar-refractivity contribution in [3.8, 4) is 5.75 Å². The van der Waals surface area contributed by atoms with E-state index in [2.05, 4.69) is 4.99 Å². The zero-order valence-electron chi connectivity index (χ0n) is 10.1. The van der Waals surface area contributed by atoms with Crippen molar-refractivity contribution in [1.29, 1.82) is 0 Å². The highest BCUT2D eigenvalue weighted by molar-refractivity contribution is 6.07. The maximum atomic E-state index is 13.5. The summed E-state index contributed by atoms with van der Waals surface area (Å²) in [6.45, 7) is 1.84. The second kappa shape index (κ2) is 5.00. The Morgan fingerprint density at radius 1 is 1.50 bits per heavy atom. The molecular formula is C13H12FNO3. The molecule has 0 spiro atoms. The van der Waals surface area contributed by atoms with Gasteiger partial charge in [0.2, 0.25) is 0 Å². The van der Waals surface area contributed by atoms with Crippen LogP contribution in [0.3, 0.4) is 0 Å². The third kappa shape index (κ3) is 2.40. The average molecular weight is 249 g/mol. The van der Waals surface area contributed by atoms with Crippen LogP contribution in [0.15, 0.2) is 28.9 Å². The van der Waals surface area contributed by atoms with Crippen LogP contribution in [0.25, 0.3) is 6.08 Å². The van der Waals surface area contributed by atoms with Crippen LogP contribution in [-0.4, -0.2) is 19.0 Å². The van der Waals surface area contributed by atoms with Crippen molar-refractivity contribution in [3.63, 3.8) is 0 Å². The highest BCUT2D eigenvalue weighted by atomic mass is 19.1. The van der Waals surface area contributed by atoms with E-state index in [1.807, 2.05) is 6.92 Å². The molecular weight excluding hydrogens is 237 g/mol. The summed E-state index contributed by atoms with van der Waals surface area (Å²) in [5.74, 6) is -0.467. The number of hydrogen-bond donors (Lipinski definition) is 0. The number of halogens is 1. The van der Waals surface area contributed by atoms with E-state index >= 15 is 0 Å². The number of benzene rings is 1. The van der Waals surface area contributed by atoms with Crippen LogP contribution in [0.2, 0.25) is 0 Å². The minimum atomic E-state index is -0.511. The second-order valence-corrected chi connectivity index (χ2v) is 3.67. The van der Waals surface area contributed by atoms with Gasteiger partial charge in [-0.05, 0) is 23.8 Å². The Bertz CT molecular complexity index is 549. The Labute approximate surface area is 104 Å². The highest BCUT2D eigenvalue weighted by Crippen LogP contribution is 2.21. The molecule has 5 heteroatoms. The summed E-state index contributed by atoms with van der Waals surface area (Å²) in [5.41, 5.74) is 0.706. The molecule has 0 fully saturated rings. The molecule has 0 unspecified atom stereocenters. The lowest BCUT2D eigenvalue weighted by molar-refractivity contribution is -0.130. The molecule has 0 bridgehead atoms. The van der Waals surface area contributed by atoms with Gasteiger partial charge in [-0.2, -0.15) is 0 Å². The van der Waals surface area contributed by atoms with E-state index in [9.17, 15) is 9.18 Å². The molecule has 0 aliphatic carbocycles. The fourth-order valence-electron chi connectivity index (χ4n) is 1.53. The van der Waals surface area contributed by atoms with Gasteiger partial charge in [-0.1, -0.05) is 13.0 Å². The van der Waals surface area contributed by atoms with E-state index in [0.29, 0.717) is 17.9 Å². The normalized spacial score (nSPS) is 16.7. The van der Waals surface area contributed by atoms with E-state index < -0.39 is 11.8 Å². The second-order valence-electron chi connectivity index (χ2n) is 3.67. The Balaban J connectivity index is 2.31. The van der Waals surface area contributed by atoms with Crippen LogP contribution < -0.4 is 4.74 Å². The van der Waals surface area contributed by atoms with Crippen molar-refractivity contribution in [3.05, 3.63) is 35.3 Å². The quantitative estimate of drug-likeness (QED) is 0.611. The van der Waals surface area contributed by atoms with E-state index in [1.165, 1.54) is 25.3 Å². The lowest BCUT2D eigenvalue weighted by Crippen LogP contribution is -2.02. The molecule has 1 aromatic carbocycles. The Morgan fingerprint density at radius 3 is 2.83 bits per heavy atom. The molecule has 1 aliphatic rings. The van der Waals surface area contributed by atoms with Crippen molar-refractivity contribution in [2.24, 2.45) is 4.99 Å². The van der Waals surface area contributed by atoms with Gasteiger partial charge in [0.1, 0.15) is 0 Å². The first-order chi connectivity index (χ1) is 8.63. The van der Waals surface area contributed by atoms with Crippen LogP contribution in [0.5, 0.6) is 5.75 Å². The summed E-state index contributed by atoms with van der Waals surface area (Å²) in [4.78, 5) is 15.4. The van der Waals surface area contributed by atoms with Gasteiger partial charge in [0.15, 0.2) is 23.2 Å². The fraction of sp³-hybridized carbons (Fsp3) is 0.231. The first-order valence-electron chi connectivity index (χ1n) is 5.49. The molecule has 1 aliphatic heterocycles. The first kappa shape index (κ1) is 12.3. The molecule has 0 radical (unpaired) electrons. The number of ether oxygens (including phenoxy) is 2. The van der Waals surface area contributed by atoms with Gasteiger partial charge < -0.3 is 9.47 Å². The number of aliphatic imine (C=N–C) groups is 1. The molecule has 18 heavy (non-hydrogen) atoms. The molecule has 0 aromatic heterocycles. The van der Waals surface area contributed by atoms with Gasteiger partial charge in [0, 0.05) is 6.42 Å². The Kier molecular flexibility index (Phi) is 3.41. The zero-order valence-corrected chi connectivity index (χ0v) is 10.1. The maximum Gasteiger partial charge on any atom is 0.363 e. The van der Waals surface area contributed by atoms with Crippen molar-refractivity contribution in [2.45, 2.75) is 13.3 Å². The molecule has 0 saturated heterocycles. The number of carbonyl (C=O) groups excluding carboxylic acids is 1. The number of cyclic esters (lactones) is 1. The largest absolute Gasteiger partial charge is 0.494 e. The summed E-state index contributed by atoms with van der Waals surface area (Å²) < 4.78 is 23.2. The fourth-order valence-corrected chi connectivity index (χ4v) is 1.53. The predicted molar refractivity (Wildman–Crippen MR) is 64.7 cm³/mol. The van der Waals surface area contributed by atoms with Crippen molar-refractivity contribution >= 4 is 17.9 Å². The van der Waals surface area contributed by atoms with E-state index in [4.69, 9.17) is 9.47 Å². The van der Waals surface area contributed by atoms with Crippen LogP contribution in [0.4, 0.5) is 4.39 Å². The molecule has 4 nitrogen and oxygen atoms in total. The zero-order chi connectivity index (χ0) is 13.1. The van der Waals surface area contributed by atoms with Crippen LogP contribution >= 0.6 is 0 Å². The first-order valence-corrected chi connectivity index (χ1v) is 5.49. The lowest BCUT2D eigenvalue weighted by Gasteiger charge is -2.01. The van der Waals surface area contributed by atoms with Gasteiger partial charge in [0.05, 0.1) is 7.11 Å². The maximum absolute atomic E-state index is 13.5.